The van der Waals surface area contributed by atoms with Gasteiger partial charge in [-0.05, 0) is 37.1 Å². The van der Waals surface area contributed by atoms with Gasteiger partial charge in [0.25, 0.3) is 0 Å². The summed E-state index contributed by atoms with van der Waals surface area (Å²) >= 11 is 1.76. The van der Waals surface area contributed by atoms with E-state index in [9.17, 15) is 0 Å². The fraction of sp³-hybridized carbons (Fsp3) is 0.643. The van der Waals surface area contributed by atoms with E-state index in [0.29, 0.717) is 0 Å². The standard InChI is InChI=1S/C14H23N3OS.HI/c1-11(13-4-3-9-19-13)17-14(15-2)16-7-8-18-10-12-5-6-12;/h3-4,9,11-12H,5-8,10H2,1-2H3,(H2,15,16,17);1H. The second-order valence-electron chi connectivity index (χ2n) is 4.90. The van der Waals surface area contributed by atoms with Crippen LogP contribution in [0.15, 0.2) is 22.5 Å². The number of hydrogen-bond donors (Lipinski definition) is 2. The summed E-state index contributed by atoms with van der Waals surface area (Å²) in [6.07, 6.45) is 2.68. The van der Waals surface area contributed by atoms with E-state index in [0.717, 1.165) is 31.6 Å². The van der Waals surface area contributed by atoms with Gasteiger partial charge in [-0.1, -0.05) is 6.07 Å². The smallest absolute Gasteiger partial charge is 0.191 e. The van der Waals surface area contributed by atoms with Crippen LogP contribution in [0.3, 0.4) is 0 Å². The number of nitrogens with zero attached hydrogens (tertiary/aromatic N) is 1. The normalized spacial score (nSPS) is 16.4. The Morgan fingerprint density at radius 3 is 2.95 bits per heavy atom. The van der Waals surface area contributed by atoms with Gasteiger partial charge in [0.1, 0.15) is 0 Å². The van der Waals surface area contributed by atoms with Gasteiger partial charge in [-0.25, -0.2) is 0 Å². The molecule has 2 N–H and O–H groups in total. The second kappa shape index (κ2) is 9.57. The summed E-state index contributed by atoms with van der Waals surface area (Å²) in [4.78, 5) is 5.54. The van der Waals surface area contributed by atoms with Crippen LogP contribution in [0.25, 0.3) is 0 Å². The molecule has 114 valence electrons. The van der Waals surface area contributed by atoms with Gasteiger partial charge >= 0.3 is 0 Å². The third-order valence-corrected chi connectivity index (χ3v) is 4.19. The first-order valence-electron chi connectivity index (χ1n) is 6.88. The zero-order chi connectivity index (χ0) is 13.5. The third-order valence-electron chi connectivity index (χ3n) is 3.14. The average Bonchev–Trinajstić information content (AvgIpc) is 3.07. The average molecular weight is 409 g/mol. The lowest BCUT2D eigenvalue weighted by molar-refractivity contribution is 0.129. The van der Waals surface area contributed by atoms with E-state index in [-0.39, 0.29) is 30.0 Å². The first-order chi connectivity index (χ1) is 9.29. The number of guanidine groups is 1. The second-order valence-corrected chi connectivity index (χ2v) is 5.88. The van der Waals surface area contributed by atoms with Crippen molar-refractivity contribution in [3.8, 4) is 0 Å². The van der Waals surface area contributed by atoms with Crippen molar-refractivity contribution in [1.29, 1.82) is 0 Å². The van der Waals surface area contributed by atoms with Gasteiger partial charge in [0.2, 0.25) is 0 Å². The molecule has 0 spiro atoms. The monoisotopic (exact) mass is 409 g/mol. The Bertz CT molecular complexity index is 393. The van der Waals surface area contributed by atoms with Gasteiger partial charge in [0.15, 0.2) is 5.96 Å². The summed E-state index contributed by atoms with van der Waals surface area (Å²) < 4.78 is 5.59. The molecule has 1 aromatic heterocycles. The number of aliphatic imine (C=N–C) groups is 1. The van der Waals surface area contributed by atoms with Crippen molar-refractivity contribution in [2.75, 3.05) is 26.8 Å². The molecule has 1 aromatic rings. The maximum Gasteiger partial charge on any atom is 0.191 e. The van der Waals surface area contributed by atoms with Crippen molar-refractivity contribution < 1.29 is 4.74 Å². The fourth-order valence-electron chi connectivity index (χ4n) is 1.78. The first kappa shape index (κ1) is 17.7. The molecule has 1 heterocycles. The predicted molar refractivity (Wildman–Crippen MR) is 96.2 cm³/mol. The molecule has 0 radical (unpaired) electrons. The van der Waals surface area contributed by atoms with Gasteiger partial charge in [-0.2, -0.15) is 0 Å². The molecule has 2 rings (SSSR count). The Hall–Kier alpha value is -0.340. The maximum atomic E-state index is 5.59. The molecule has 20 heavy (non-hydrogen) atoms. The third kappa shape index (κ3) is 6.41. The molecular weight excluding hydrogens is 385 g/mol. The molecule has 0 saturated heterocycles. The Labute approximate surface area is 142 Å². The highest BCUT2D eigenvalue weighted by atomic mass is 127. The molecule has 1 saturated carbocycles. The minimum absolute atomic E-state index is 0. The topological polar surface area (TPSA) is 45.7 Å². The van der Waals surface area contributed by atoms with Crippen LogP contribution in [0.1, 0.15) is 30.7 Å². The number of halogens is 1. The lowest BCUT2D eigenvalue weighted by Crippen LogP contribution is -2.40. The van der Waals surface area contributed by atoms with E-state index in [1.807, 2.05) is 0 Å². The van der Waals surface area contributed by atoms with Gasteiger partial charge in [0, 0.05) is 25.1 Å². The van der Waals surface area contributed by atoms with Gasteiger partial charge in [-0.15, -0.1) is 35.3 Å². The van der Waals surface area contributed by atoms with E-state index >= 15 is 0 Å². The van der Waals surface area contributed by atoms with E-state index in [4.69, 9.17) is 4.74 Å². The number of rotatable bonds is 7. The number of nitrogens with one attached hydrogen (secondary N) is 2. The molecule has 1 unspecified atom stereocenters. The van der Waals surface area contributed by atoms with Crippen molar-refractivity contribution in [2.45, 2.75) is 25.8 Å². The van der Waals surface area contributed by atoms with Crippen LogP contribution in [0, 0.1) is 5.92 Å². The van der Waals surface area contributed by atoms with Crippen LogP contribution in [0.4, 0.5) is 0 Å². The minimum Gasteiger partial charge on any atom is -0.379 e. The summed E-state index contributed by atoms with van der Waals surface area (Å²) in [5, 5.41) is 8.74. The Kier molecular flexibility index (Phi) is 8.47. The molecule has 0 amide bonds. The molecular formula is C14H24IN3OS. The molecule has 0 bridgehead atoms. The summed E-state index contributed by atoms with van der Waals surface area (Å²) in [5.41, 5.74) is 0. The largest absolute Gasteiger partial charge is 0.379 e. The summed E-state index contributed by atoms with van der Waals surface area (Å²) in [6.45, 7) is 4.59. The molecule has 1 aliphatic rings. The number of hydrogen-bond acceptors (Lipinski definition) is 3. The fourth-order valence-corrected chi connectivity index (χ4v) is 2.52. The van der Waals surface area contributed by atoms with Crippen LogP contribution < -0.4 is 10.6 Å². The van der Waals surface area contributed by atoms with Crippen LogP contribution >= 0.6 is 35.3 Å². The molecule has 1 atom stereocenters. The summed E-state index contributed by atoms with van der Waals surface area (Å²) in [5.74, 6) is 1.66. The van der Waals surface area contributed by atoms with Crippen LogP contribution in [-0.4, -0.2) is 32.8 Å². The van der Waals surface area contributed by atoms with Crippen molar-refractivity contribution >= 4 is 41.3 Å². The van der Waals surface area contributed by atoms with Crippen LogP contribution in [-0.2, 0) is 4.74 Å². The zero-order valence-electron chi connectivity index (χ0n) is 12.1. The molecule has 0 aliphatic heterocycles. The highest BCUT2D eigenvalue weighted by molar-refractivity contribution is 14.0. The van der Waals surface area contributed by atoms with Gasteiger partial charge < -0.3 is 15.4 Å². The summed E-state index contributed by atoms with van der Waals surface area (Å²) in [6, 6.07) is 4.48. The van der Waals surface area contributed by atoms with Crippen molar-refractivity contribution in [1.82, 2.24) is 10.6 Å². The molecule has 0 aromatic carbocycles. The lowest BCUT2D eigenvalue weighted by atomic mass is 10.3. The van der Waals surface area contributed by atoms with Crippen LogP contribution in [0.5, 0.6) is 0 Å². The highest BCUT2D eigenvalue weighted by Gasteiger charge is 2.20. The molecule has 1 aliphatic carbocycles. The Morgan fingerprint density at radius 1 is 1.55 bits per heavy atom. The van der Waals surface area contributed by atoms with E-state index in [2.05, 4.69) is 40.1 Å². The van der Waals surface area contributed by atoms with Gasteiger partial charge in [-0.3, -0.25) is 4.99 Å². The molecule has 6 heteroatoms. The van der Waals surface area contributed by atoms with Crippen LogP contribution in [0.2, 0.25) is 0 Å². The van der Waals surface area contributed by atoms with Gasteiger partial charge in [0.05, 0.1) is 12.6 Å². The predicted octanol–water partition coefficient (Wildman–Crippen LogP) is 3.02. The summed E-state index contributed by atoms with van der Waals surface area (Å²) in [7, 11) is 1.79. The maximum absolute atomic E-state index is 5.59. The first-order valence-corrected chi connectivity index (χ1v) is 7.76. The van der Waals surface area contributed by atoms with Crippen molar-refractivity contribution in [2.24, 2.45) is 10.9 Å². The zero-order valence-corrected chi connectivity index (χ0v) is 15.2. The number of thiophene rings is 1. The lowest BCUT2D eigenvalue weighted by Gasteiger charge is -2.16. The quantitative estimate of drug-likeness (QED) is 0.315. The van der Waals surface area contributed by atoms with Crippen molar-refractivity contribution in [3.05, 3.63) is 22.4 Å². The van der Waals surface area contributed by atoms with E-state index in [1.165, 1.54) is 17.7 Å². The highest BCUT2D eigenvalue weighted by Crippen LogP contribution is 2.28. The molecule has 4 nitrogen and oxygen atoms in total. The SMILES string of the molecule is CN=C(NCCOCC1CC1)NC(C)c1cccs1.I. The minimum atomic E-state index is 0. The Morgan fingerprint density at radius 2 is 2.35 bits per heavy atom. The van der Waals surface area contributed by atoms with Crippen molar-refractivity contribution in [3.63, 3.8) is 0 Å². The van der Waals surface area contributed by atoms with E-state index in [1.54, 1.807) is 18.4 Å². The van der Waals surface area contributed by atoms with E-state index < -0.39 is 0 Å². The Balaban J connectivity index is 0.00000200. The molecule has 1 fully saturated rings. The number of ether oxygens (including phenoxy) is 1.